The van der Waals surface area contributed by atoms with Crippen molar-refractivity contribution in [2.24, 2.45) is 0 Å². The van der Waals surface area contributed by atoms with Gasteiger partial charge in [0.1, 0.15) is 23.2 Å². The van der Waals surface area contributed by atoms with Gasteiger partial charge in [-0.05, 0) is 50.1 Å². The number of furan rings is 1. The van der Waals surface area contributed by atoms with E-state index in [1.165, 1.54) is 17.8 Å². The van der Waals surface area contributed by atoms with Crippen molar-refractivity contribution in [3.05, 3.63) is 65.4 Å². The highest BCUT2D eigenvalue weighted by Crippen LogP contribution is 2.42. The molecule has 2 aromatic heterocycles. The van der Waals surface area contributed by atoms with E-state index in [0.29, 0.717) is 23.2 Å². The molecular formula is C18H17F2N3OS. The van der Waals surface area contributed by atoms with Crippen LogP contribution in [-0.4, -0.2) is 14.8 Å². The molecule has 1 unspecified atom stereocenters. The fourth-order valence-electron chi connectivity index (χ4n) is 2.79. The zero-order valence-corrected chi connectivity index (χ0v) is 14.5. The molecule has 4 rings (SSSR count). The van der Waals surface area contributed by atoms with E-state index < -0.39 is 11.6 Å². The smallest absolute Gasteiger partial charge is 0.192 e. The number of thioether (sulfide) groups is 1. The van der Waals surface area contributed by atoms with Crippen LogP contribution in [0.25, 0.3) is 0 Å². The van der Waals surface area contributed by atoms with Crippen molar-refractivity contribution in [3.63, 3.8) is 0 Å². The van der Waals surface area contributed by atoms with Crippen molar-refractivity contribution in [2.45, 2.75) is 42.6 Å². The monoisotopic (exact) mass is 361 g/mol. The van der Waals surface area contributed by atoms with E-state index in [1.54, 1.807) is 6.26 Å². The SMILES string of the molecule is CC(Sc1nnc(C2CC2)n1Cc1ccco1)c1cc(F)ccc1F. The van der Waals surface area contributed by atoms with E-state index in [0.717, 1.165) is 36.6 Å². The second-order valence-electron chi connectivity index (χ2n) is 6.21. The summed E-state index contributed by atoms with van der Waals surface area (Å²) in [6.07, 6.45) is 3.85. The number of hydrogen-bond donors (Lipinski definition) is 0. The summed E-state index contributed by atoms with van der Waals surface area (Å²) in [5.74, 6) is 1.32. The average Bonchev–Trinajstić information content (AvgIpc) is 3.17. The molecule has 3 aromatic rings. The summed E-state index contributed by atoms with van der Waals surface area (Å²) in [7, 11) is 0. The number of nitrogens with zero attached hydrogens (tertiary/aromatic N) is 3. The molecule has 0 amide bonds. The molecule has 25 heavy (non-hydrogen) atoms. The summed E-state index contributed by atoms with van der Waals surface area (Å²) in [5, 5.41) is 9.02. The fourth-order valence-corrected chi connectivity index (χ4v) is 3.78. The van der Waals surface area contributed by atoms with Crippen molar-refractivity contribution in [1.82, 2.24) is 14.8 Å². The van der Waals surface area contributed by atoms with Crippen LogP contribution < -0.4 is 0 Å². The zero-order valence-electron chi connectivity index (χ0n) is 13.7. The van der Waals surface area contributed by atoms with Crippen molar-refractivity contribution >= 4 is 11.8 Å². The molecule has 0 N–H and O–H groups in total. The molecule has 1 aromatic carbocycles. The average molecular weight is 361 g/mol. The van der Waals surface area contributed by atoms with Gasteiger partial charge in [0.05, 0.1) is 12.8 Å². The van der Waals surface area contributed by atoms with Crippen LogP contribution in [0.5, 0.6) is 0 Å². The topological polar surface area (TPSA) is 43.9 Å². The number of rotatable bonds is 6. The highest BCUT2D eigenvalue weighted by Gasteiger charge is 2.31. The molecule has 130 valence electrons. The van der Waals surface area contributed by atoms with Gasteiger partial charge in [-0.3, -0.25) is 4.57 Å². The van der Waals surface area contributed by atoms with Gasteiger partial charge in [0.2, 0.25) is 0 Å². The lowest BCUT2D eigenvalue weighted by atomic mass is 10.1. The van der Waals surface area contributed by atoms with Gasteiger partial charge < -0.3 is 4.42 Å². The quantitative estimate of drug-likeness (QED) is 0.584. The van der Waals surface area contributed by atoms with Gasteiger partial charge in [-0.2, -0.15) is 0 Å². The molecule has 1 fully saturated rings. The van der Waals surface area contributed by atoms with Crippen LogP contribution >= 0.6 is 11.8 Å². The number of halogens is 2. The summed E-state index contributed by atoms with van der Waals surface area (Å²) in [6.45, 7) is 2.37. The Labute approximate surface area is 148 Å². The maximum absolute atomic E-state index is 14.0. The van der Waals surface area contributed by atoms with Crippen LogP contribution in [0.3, 0.4) is 0 Å². The van der Waals surface area contributed by atoms with Gasteiger partial charge in [-0.25, -0.2) is 8.78 Å². The molecule has 1 atom stereocenters. The van der Waals surface area contributed by atoms with E-state index in [2.05, 4.69) is 10.2 Å². The summed E-state index contributed by atoms with van der Waals surface area (Å²) in [5.41, 5.74) is 0.325. The number of hydrogen-bond acceptors (Lipinski definition) is 4. The van der Waals surface area contributed by atoms with Gasteiger partial charge >= 0.3 is 0 Å². The first kappa shape index (κ1) is 16.3. The Morgan fingerprint density at radius 2 is 2.12 bits per heavy atom. The lowest BCUT2D eigenvalue weighted by Gasteiger charge is -2.14. The third-order valence-electron chi connectivity index (χ3n) is 4.26. The Balaban J connectivity index is 1.62. The predicted octanol–water partition coefficient (Wildman–Crippen LogP) is 4.93. The minimum Gasteiger partial charge on any atom is -0.467 e. The van der Waals surface area contributed by atoms with Gasteiger partial charge in [0, 0.05) is 16.7 Å². The van der Waals surface area contributed by atoms with Crippen molar-refractivity contribution in [3.8, 4) is 0 Å². The maximum atomic E-state index is 14.0. The number of aromatic nitrogens is 3. The van der Waals surface area contributed by atoms with Crippen LogP contribution in [0.15, 0.2) is 46.2 Å². The molecule has 2 heterocycles. The Kier molecular flexibility index (Phi) is 4.33. The number of benzene rings is 1. The molecule has 7 heteroatoms. The largest absolute Gasteiger partial charge is 0.467 e. The highest BCUT2D eigenvalue weighted by molar-refractivity contribution is 7.99. The molecule has 0 bridgehead atoms. The predicted molar refractivity (Wildman–Crippen MR) is 90.4 cm³/mol. The lowest BCUT2D eigenvalue weighted by molar-refractivity contribution is 0.478. The third kappa shape index (κ3) is 3.46. The highest BCUT2D eigenvalue weighted by atomic mass is 32.2. The van der Waals surface area contributed by atoms with E-state index in [4.69, 9.17) is 4.42 Å². The zero-order chi connectivity index (χ0) is 17.4. The van der Waals surface area contributed by atoms with Gasteiger partial charge in [0.15, 0.2) is 5.16 Å². The van der Waals surface area contributed by atoms with Crippen LogP contribution in [0.1, 0.15) is 48.1 Å². The Bertz CT molecular complexity index is 875. The fraction of sp³-hybridized carbons (Fsp3) is 0.333. The Morgan fingerprint density at radius 3 is 2.84 bits per heavy atom. The van der Waals surface area contributed by atoms with E-state index in [1.807, 2.05) is 23.6 Å². The second-order valence-corrected chi connectivity index (χ2v) is 7.51. The Hall–Kier alpha value is -2.15. The van der Waals surface area contributed by atoms with Crippen molar-refractivity contribution in [1.29, 1.82) is 0 Å². The van der Waals surface area contributed by atoms with Crippen LogP contribution in [0.4, 0.5) is 8.78 Å². The van der Waals surface area contributed by atoms with Crippen LogP contribution in [-0.2, 0) is 6.54 Å². The van der Waals surface area contributed by atoms with E-state index in [9.17, 15) is 8.78 Å². The lowest BCUT2D eigenvalue weighted by Crippen LogP contribution is -2.06. The minimum absolute atomic E-state index is 0.290. The molecule has 0 radical (unpaired) electrons. The third-order valence-corrected chi connectivity index (χ3v) is 5.38. The van der Waals surface area contributed by atoms with Gasteiger partial charge in [-0.1, -0.05) is 11.8 Å². The molecule has 1 aliphatic carbocycles. The molecule has 0 spiro atoms. The van der Waals surface area contributed by atoms with E-state index in [-0.39, 0.29) is 5.25 Å². The first-order valence-electron chi connectivity index (χ1n) is 8.19. The van der Waals surface area contributed by atoms with Gasteiger partial charge in [-0.15, -0.1) is 10.2 Å². The summed E-state index contributed by atoms with van der Waals surface area (Å²) in [6, 6.07) is 7.27. The first-order chi connectivity index (χ1) is 12.1. The van der Waals surface area contributed by atoms with Crippen LogP contribution in [0, 0.1) is 11.6 Å². The molecule has 1 aliphatic rings. The molecule has 0 saturated heterocycles. The minimum atomic E-state index is -0.445. The van der Waals surface area contributed by atoms with Crippen LogP contribution in [0.2, 0.25) is 0 Å². The molecular weight excluding hydrogens is 344 g/mol. The molecule has 1 saturated carbocycles. The summed E-state index contributed by atoms with van der Waals surface area (Å²) in [4.78, 5) is 0. The molecule has 4 nitrogen and oxygen atoms in total. The maximum Gasteiger partial charge on any atom is 0.192 e. The second kappa shape index (κ2) is 6.63. The van der Waals surface area contributed by atoms with Crippen molar-refractivity contribution in [2.75, 3.05) is 0 Å². The standard InChI is InChI=1S/C18H17F2N3OS/c1-11(15-9-13(19)6-7-16(15)20)25-18-22-21-17(12-4-5-12)23(18)10-14-3-2-8-24-14/h2-3,6-9,11-12H,4-5,10H2,1H3. The molecule has 0 aliphatic heterocycles. The normalized spacial score (nSPS) is 15.5. The first-order valence-corrected chi connectivity index (χ1v) is 9.07. The Morgan fingerprint density at radius 1 is 1.28 bits per heavy atom. The summed E-state index contributed by atoms with van der Waals surface area (Å²) >= 11 is 1.38. The van der Waals surface area contributed by atoms with Gasteiger partial charge in [0.25, 0.3) is 0 Å². The van der Waals surface area contributed by atoms with E-state index >= 15 is 0 Å². The van der Waals surface area contributed by atoms with Crippen molar-refractivity contribution < 1.29 is 13.2 Å². The summed E-state index contributed by atoms with van der Waals surface area (Å²) < 4.78 is 35.0.